The summed E-state index contributed by atoms with van der Waals surface area (Å²) >= 11 is 0. The van der Waals surface area contributed by atoms with E-state index in [0.29, 0.717) is 11.1 Å². The average Bonchev–Trinajstić information content (AvgIpc) is 2.52. The first-order valence-corrected chi connectivity index (χ1v) is 8.05. The summed E-state index contributed by atoms with van der Waals surface area (Å²) in [5.41, 5.74) is 4.76. The van der Waals surface area contributed by atoms with Gasteiger partial charge >= 0.3 is 0 Å². The van der Waals surface area contributed by atoms with Gasteiger partial charge in [0.15, 0.2) is 5.78 Å². The minimum Gasteiger partial charge on any atom is -0.326 e. The molecule has 0 saturated heterocycles. The van der Waals surface area contributed by atoms with Crippen molar-refractivity contribution in [1.82, 2.24) is 4.98 Å². The van der Waals surface area contributed by atoms with Crippen molar-refractivity contribution in [2.24, 2.45) is 5.73 Å². The molecule has 0 unspecified atom stereocenters. The first-order valence-electron chi connectivity index (χ1n) is 8.05. The largest absolute Gasteiger partial charge is 0.326 e. The number of rotatable bonds is 3. The molecule has 2 aromatic carbocycles. The van der Waals surface area contributed by atoms with Gasteiger partial charge in [-0.2, -0.15) is 0 Å². The van der Waals surface area contributed by atoms with Crippen LogP contribution in [0.5, 0.6) is 0 Å². The minimum absolute atomic E-state index is 0.0641. The molecular formula is C20H18F2N2O2. The second-order valence-electron chi connectivity index (χ2n) is 6.91. The van der Waals surface area contributed by atoms with Gasteiger partial charge < -0.3 is 10.7 Å². The topological polar surface area (TPSA) is 76.0 Å². The molecule has 4 nitrogen and oxygen atoms in total. The first-order chi connectivity index (χ1) is 12.1. The number of hydrogen-bond donors (Lipinski definition) is 2. The van der Waals surface area contributed by atoms with Crippen LogP contribution in [0.4, 0.5) is 8.78 Å². The molecule has 1 aromatic heterocycles. The SMILES string of the molecule is Cc1cc2c(C(=O)c3c(F)cc(C(C)(C)N)cc3F)cccc2c(=O)[nH]1. The summed E-state index contributed by atoms with van der Waals surface area (Å²) in [5.74, 6) is -2.79. The fourth-order valence-corrected chi connectivity index (χ4v) is 2.91. The highest BCUT2D eigenvalue weighted by atomic mass is 19.1. The molecule has 0 bridgehead atoms. The predicted octanol–water partition coefficient (Wildman–Crippen LogP) is 3.54. The van der Waals surface area contributed by atoms with Gasteiger partial charge in [0, 0.05) is 27.6 Å². The van der Waals surface area contributed by atoms with Crippen molar-refractivity contribution < 1.29 is 13.6 Å². The number of halogens is 2. The van der Waals surface area contributed by atoms with E-state index in [1.54, 1.807) is 32.9 Å². The Morgan fingerprint density at radius 2 is 1.69 bits per heavy atom. The van der Waals surface area contributed by atoms with Crippen LogP contribution >= 0.6 is 0 Å². The zero-order valence-electron chi connectivity index (χ0n) is 14.6. The van der Waals surface area contributed by atoms with Gasteiger partial charge in [-0.15, -0.1) is 0 Å². The van der Waals surface area contributed by atoms with Crippen LogP contribution in [0.2, 0.25) is 0 Å². The molecule has 0 aliphatic rings. The van der Waals surface area contributed by atoms with Crippen LogP contribution in [0.3, 0.4) is 0 Å². The fourth-order valence-electron chi connectivity index (χ4n) is 2.91. The third-order valence-electron chi connectivity index (χ3n) is 4.28. The van der Waals surface area contributed by atoms with Crippen molar-refractivity contribution in [3.8, 4) is 0 Å². The van der Waals surface area contributed by atoms with E-state index in [0.717, 1.165) is 12.1 Å². The van der Waals surface area contributed by atoms with Gasteiger partial charge in [0.05, 0.1) is 5.56 Å². The van der Waals surface area contributed by atoms with Gasteiger partial charge in [0.1, 0.15) is 11.6 Å². The Kier molecular flexibility index (Phi) is 4.24. The smallest absolute Gasteiger partial charge is 0.256 e. The monoisotopic (exact) mass is 356 g/mol. The van der Waals surface area contributed by atoms with Crippen LogP contribution in [0.1, 0.15) is 41.0 Å². The summed E-state index contributed by atoms with van der Waals surface area (Å²) in [4.78, 5) is 27.6. The van der Waals surface area contributed by atoms with Crippen molar-refractivity contribution in [2.75, 3.05) is 0 Å². The zero-order valence-corrected chi connectivity index (χ0v) is 14.6. The third-order valence-corrected chi connectivity index (χ3v) is 4.28. The maximum atomic E-state index is 14.6. The number of nitrogens with two attached hydrogens (primary N) is 1. The van der Waals surface area contributed by atoms with E-state index in [1.807, 2.05) is 0 Å². The molecule has 0 amide bonds. The van der Waals surface area contributed by atoms with Gasteiger partial charge in [-0.25, -0.2) is 8.78 Å². The lowest BCUT2D eigenvalue weighted by Gasteiger charge is -2.20. The van der Waals surface area contributed by atoms with Gasteiger partial charge in [-0.3, -0.25) is 9.59 Å². The second kappa shape index (κ2) is 6.14. The molecule has 134 valence electrons. The fraction of sp³-hybridized carbons (Fsp3) is 0.200. The minimum atomic E-state index is -0.984. The van der Waals surface area contributed by atoms with Crippen LogP contribution in [-0.2, 0) is 5.54 Å². The summed E-state index contributed by atoms with van der Waals surface area (Å²) in [7, 11) is 0. The Hall–Kier alpha value is -2.86. The Labute approximate surface area is 148 Å². The molecule has 0 radical (unpaired) electrons. The number of fused-ring (bicyclic) bond motifs is 1. The van der Waals surface area contributed by atoms with Crippen LogP contribution in [0, 0.1) is 18.6 Å². The number of H-pyrrole nitrogens is 1. The standard InChI is InChI=1S/C20H18F2N2O2/c1-10-7-14-12(5-4-6-13(14)19(26)24-10)18(25)17-15(21)8-11(9-16(17)22)20(2,3)23/h4-9H,23H2,1-3H3,(H,24,26). The molecule has 0 atom stereocenters. The van der Waals surface area contributed by atoms with Crippen molar-refractivity contribution in [3.63, 3.8) is 0 Å². The lowest BCUT2D eigenvalue weighted by molar-refractivity contribution is 0.103. The maximum absolute atomic E-state index is 14.6. The number of aryl methyl sites for hydroxylation is 1. The number of hydrogen-bond acceptors (Lipinski definition) is 3. The van der Waals surface area contributed by atoms with Gasteiger partial charge in [0.25, 0.3) is 5.56 Å². The summed E-state index contributed by atoms with van der Waals surface area (Å²) in [6.07, 6.45) is 0. The van der Waals surface area contributed by atoms with E-state index in [2.05, 4.69) is 4.98 Å². The predicted molar refractivity (Wildman–Crippen MR) is 96.3 cm³/mol. The van der Waals surface area contributed by atoms with Crippen LogP contribution in [0.15, 0.2) is 41.2 Å². The lowest BCUT2D eigenvalue weighted by Crippen LogP contribution is -2.29. The van der Waals surface area contributed by atoms with E-state index < -0.39 is 28.5 Å². The van der Waals surface area contributed by atoms with Crippen molar-refractivity contribution >= 4 is 16.6 Å². The molecule has 1 heterocycles. The second-order valence-corrected chi connectivity index (χ2v) is 6.91. The molecular weight excluding hydrogens is 338 g/mol. The molecule has 0 spiro atoms. The molecule has 0 aliphatic carbocycles. The number of benzene rings is 2. The molecule has 3 N–H and O–H groups in total. The number of carbonyl (C=O) groups excluding carboxylic acids is 1. The highest BCUT2D eigenvalue weighted by molar-refractivity contribution is 6.16. The molecule has 0 saturated carbocycles. The van der Waals surface area contributed by atoms with Gasteiger partial charge in [0.2, 0.25) is 0 Å². The van der Waals surface area contributed by atoms with Crippen LogP contribution in [0.25, 0.3) is 10.8 Å². The highest BCUT2D eigenvalue weighted by Gasteiger charge is 2.25. The number of nitrogens with one attached hydrogen (secondary N) is 1. The van der Waals surface area contributed by atoms with E-state index >= 15 is 0 Å². The van der Waals surface area contributed by atoms with Crippen LogP contribution in [-0.4, -0.2) is 10.8 Å². The number of carbonyl (C=O) groups is 1. The summed E-state index contributed by atoms with van der Waals surface area (Å²) in [6.45, 7) is 4.90. The Balaban J connectivity index is 2.23. The molecule has 0 aliphatic heterocycles. The zero-order chi connectivity index (χ0) is 19.2. The highest BCUT2D eigenvalue weighted by Crippen LogP contribution is 2.26. The third kappa shape index (κ3) is 3.04. The van der Waals surface area contributed by atoms with Gasteiger partial charge in [-0.1, -0.05) is 12.1 Å². The van der Waals surface area contributed by atoms with Crippen molar-refractivity contribution in [2.45, 2.75) is 26.3 Å². The normalized spacial score (nSPS) is 11.8. The molecule has 3 aromatic rings. The van der Waals surface area contributed by atoms with Crippen molar-refractivity contribution in [3.05, 3.63) is 80.8 Å². The van der Waals surface area contributed by atoms with E-state index in [-0.39, 0.29) is 22.1 Å². The number of ketones is 1. The summed E-state index contributed by atoms with van der Waals surface area (Å²) in [5, 5.41) is 0.628. The Morgan fingerprint density at radius 1 is 1.08 bits per heavy atom. The maximum Gasteiger partial charge on any atom is 0.256 e. The molecule has 26 heavy (non-hydrogen) atoms. The van der Waals surface area contributed by atoms with E-state index in [1.165, 1.54) is 12.1 Å². The van der Waals surface area contributed by atoms with Crippen molar-refractivity contribution in [1.29, 1.82) is 0 Å². The first kappa shape index (κ1) is 17.9. The summed E-state index contributed by atoms with van der Waals surface area (Å²) in [6, 6.07) is 8.25. The van der Waals surface area contributed by atoms with Gasteiger partial charge in [-0.05, 0) is 50.6 Å². The lowest BCUT2D eigenvalue weighted by atomic mass is 9.91. The van der Waals surface area contributed by atoms with E-state index in [9.17, 15) is 18.4 Å². The average molecular weight is 356 g/mol. The Bertz CT molecular complexity index is 1070. The quantitative estimate of drug-likeness (QED) is 0.705. The molecule has 3 rings (SSSR count). The van der Waals surface area contributed by atoms with E-state index in [4.69, 9.17) is 5.73 Å². The number of aromatic amines is 1. The summed E-state index contributed by atoms with van der Waals surface area (Å²) < 4.78 is 29.1. The Morgan fingerprint density at radius 3 is 2.27 bits per heavy atom. The van der Waals surface area contributed by atoms with Crippen LogP contribution < -0.4 is 11.3 Å². The molecule has 0 fully saturated rings. The number of pyridine rings is 1. The molecule has 6 heteroatoms. The number of aromatic nitrogens is 1.